The average molecular weight is 366 g/mol. The van der Waals surface area contributed by atoms with Gasteiger partial charge in [-0.15, -0.1) is 0 Å². The zero-order valence-corrected chi connectivity index (χ0v) is 13.0. The van der Waals surface area contributed by atoms with Crippen molar-refractivity contribution in [3.63, 3.8) is 0 Å². The lowest BCUT2D eigenvalue weighted by Crippen LogP contribution is -2.42. The number of nitrogens with one attached hydrogen (secondary N) is 1. The van der Waals surface area contributed by atoms with Crippen molar-refractivity contribution in [2.24, 2.45) is 0 Å². The highest BCUT2D eigenvalue weighted by Gasteiger charge is 2.22. The molecule has 2 N–H and O–H groups in total. The van der Waals surface area contributed by atoms with Gasteiger partial charge in [-0.3, -0.25) is 4.79 Å². The Hall–Kier alpha value is -2.21. The van der Waals surface area contributed by atoms with Crippen molar-refractivity contribution in [2.75, 3.05) is 0 Å². The Morgan fingerprint density at radius 1 is 1.18 bits per heavy atom. The van der Waals surface area contributed by atoms with Crippen molar-refractivity contribution >= 4 is 27.8 Å². The molecule has 1 amide bonds. The number of benzene rings is 2. The summed E-state index contributed by atoms with van der Waals surface area (Å²) in [5.74, 6) is -2.19. The molecular formula is C16H13BrFNO3. The zero-order chi connectivity index (χ0) is 16.1. The third kappa shape index (κ3) is 4.14. The van der Waals surface area contributed by atoms with E-state index in [1.807, 2.05) is 6.07 Å². The van der Waals surface area contributed by atoms with Crippen LogP contribution in [0.2, 0.25) is 0 Å². The maximum Gasteiger partial charge on any atom is 0.326 e. The van der Waals surface area contributed by atoms with Crippen LogP contribution in [0.5, 0.6) is 0 Å². The van der Waals surface area contributed by atoms with Crippen molar-refractivity contribution in [3.8, 4) is 0 Å². The first kappa shape index (κ1) is 16.2. The van der Waals surface area contributed by atoms with Crippen LogP contribution in [-0.2, 0) is 11.2 Å². The van der Waals surface area contributed by atoms with Crippen LogP contribution in [-0.4, -0.2) is 23.0 Å². The Morgan fingerprint density at radius 3 is 2.45 bits per heavy atom. The molecule has 4 nitrogen and oxygen atoms in total. The number of amides is 1. The molecule has 6 heteroatoms. The lowest BCUT2D eigenvalue weighted by molar-refractivity contribution is -0.139. The molecule has 0 fully saturated rings. The molecule has 2 aromatic carbocycles. The second kappa shape index (κ2) is 7.17. The highest BCUT2D eigenvalue weighted by molar-refractivity contribution is 9.10. The summed E-state index contributed by atoms with van der Waals surface area (Å²) >= 11 is 3.09. The van der Waals surface area contributed by atoms with Gasteiger partial charge in [0.25, 0.3) is 5.91 Å². The number of carbonyl (C=O) groups is 2. The SMILES string of the molecule is O=C(NC(Cc1ccccc1)C(=O)O)c1ccc(F)cc1Br. The number of hydrogen-bond donors (Lipinski definition) is 2. The number of carboxylic acids is 1. The van der Waals surface area contributed by atoms with E-state index in [2.05, 4.69) is 21.2 Å². The monoisotopic (exact) mass is 365 g/mol. The molecule has 114 valence electrons. The van der Waals surface area contributed by atoms with E-state index in [9.17, 15) is 19.1 Å². The van der Waals surface area contributed by atoms with E-state index >= 15 is 0 Å². The van der Waals surface area contributed by atoms with Crippen molar-refractivity contribution in [1.29, 1.82) is 0 Å². The number of halogens is 2. The summed E-state index contributed by atoms with van der Waals surface area (Å²) in [5.41, 5.74) is 0.981. The van der Waals surface area contributed by atoms with Crippen LogP contribution in [0.25, 0.3) is 0 Å². The maximum atomic E-state index is 13.0. The quantitative estimate of drug-likeness (QED) is 0.855. The van der Waals surface area contributed by atoms with Gasteiger partial charge in [-0.05, 0) is 39.7 Å². The van der Waals surface area contributed by atoms with E-state index in [4.69, 9.17) is 0 Å². The van der Waals surface area contributed by atoms with Gasteiger partial charge in [-0.2, -0.15) is 0 Å². The van der Waals surface area contributed by atoms with Gasteiger partial charge in [-0.25, -0.2) is 9.18 Å². The summed E-state index contributed by atoms with van der Waals surface area (Å²) < 4.78 is 13.3. The number of carbonyl (C=O) groups excluding carboxylic acids is 1. The lowest BCUT2D eigenvalue weighted by atomic mass is 10.1. The summed E-state index contributed by atoms with van der Waals surface area (Å²) in [6, 6.07) is 11.5. The Labute approximate surface area is 135 Å². The molecule has 0 aliphatic heterocycles. The topological polar surface area (TPSA) is 66.4 Å². The summed E-state index contributed by atoms with van der Waals surface area (Å²) in [7, 11) is 0. The van der Waals surface area contributed by atoms with E-state index in [0.29, 0.717) is 0 Å². The van der Waals surface area contributed by atoms with Gasteiger partial charge >= 0.3 is 5.97 Å². The molecule has 0 saturated heterocycles. The Bertz CT molecular complexity index is 691. The molecule has 0 spiro atoms. The lowest BCUT2D eigenvalue weighted by Gasteiger charge is -2.15. The van der Waals surface area contributed by atoms with Crippen LogP contribution < -0.4 is 5.32 Å². The molecule has 0 aliphatic rings. The summed E-state index contributed by atoms with van der Waals surface area (Å²) in [6.07, 6.45) is 0.167. The van der Waals surface area contributed by atoms with Gasteiger partial charge < -0.3 is 10.4 Å². The van der Waals surface area contributed by atoms with Crippen LogP contribution in [0.15, 0.2) is 53.0 Å². The first-order chi connectivity index (χ1) is 10.5. The van der Waals surface area contributed by atoms with E-state index in [-0.39, 0.29) is 16.5 Å². The fourth-order valence-corrected chi connectivity index (χ4v) is 2.49. The maximum absolute atomic E-state index is 13.0. The second-order valence-corrected chi connectivity index (χ2v) is 5.53. The Morgan fingerprint density at radius 2 is 1.86 bits per heavy atom. The standard InChI is InChI=1S/C16H13BrFNO3/c17-13-9-11(18)6-7-12(13)15(20)19-14(16(21)22)8-10-4-2-1-3-5-10/h1-7,9,14H,8H2,(H,19,20)(H,21,22). The van der Waals surface area contributed by atoms with Crippen LogP contribution in [0.4, 0.5) is 4.39 Å². The summed E-state index contributed by atoms with van der Waals surface area (Å²) in [5, 5.41) is 11.7. The van der Waals surface area contributed by atoms with E-state index in [0.717, 1.165) is 17.7 Å². The van der Waals surface area contributed by atoms with Gasteiger partial charge in [0, 0.05) is 10.9 Å². The third-order valence-corrected chi connectivity index (χ3v) is 3.72. The van der Waals surface area contributed by atoms with E-state index in [1.165, 1.54) is 6.07 Å². The third-order valence-electron chi connectivity index (χ3n) is 3.06. The van der Waals surface area contributed by atoms with Gasteiger partial charge in [0.05, 0.1) is 5.56 Å². The van der Waals surface area contributed by atoms with Crippen molar-refractivity contribution < 1.29 is 19.1 Å². The number of hydrogen-bond acceptors (Lipinski definition) is 2. The van der Waals surface area contributed by atoms with Gasteiger partial charge in [0.15, 0.2) is 0 Å². The number of carboxylic acid groups (broad SMARTS) is 1. The first-order valence-corrected chi connectivity index (χ1v) is 7.29. The first-order valence-electron chi connectivity index (χ1n) is 6.50. The Kier molecular flexibility index (Phi) is 5.27. The zero-order valence-electron chi connectivity index (χ0n) is 11.4. The second-order valence-electron chi connectivity index (χ2n) is 4.68. The normalized spacial score (nSPS) is 11.7. The minimum atomic E-state index is -1.13. The molecule has 0 bridgehead atoms. The smallest absolute Gasteiger partial charge is 0.326 e. The van der Waals surface area contributed by atoms with Crippen molar-refractivity contribution in [3.05, 3.63) is 69.9 Å². The van der Waals surface area contributed by atoms with Crippen LogP contribution in [0.3, 0.4) is 0 Å². The Balaban J connectivity index is 2.14. The molecule has 0 aliphatic carbocycles. The molecule has 22 heavy (non-hydrogen) atoms. The molecule has 0 radical (unpaired) electrons. The largest absolute Gasteiger partial charge is 0.480 e. The molecule has 1 atom stereocenters. The molecule has 1 unspecified atom stereocenters. The van der Waals surface area contributed by atoms with Gasteiger partial charge in [0.1, 0.15) is 11.9 Å². The van der Waals surface area contributed by atoms with Crippen LogP contribution in [0, 0.1) is 5.82 Å². The highest BCUT2D eigenvalue weighted by Crippen LogP contribution is 2.18. The van der Waals surface area contributed by atoms with Crippen LogP contribution >= 0.6 is 15.9 Å². The minimum absolute atomic E-state index is 0.167. The molecule has 0 aromatic heterocycles. The fourth-order valence-electron chi connectivity index (χ4n) is 1.96. The molecular weight excluding hydrogens is 353 g/mol. The van der Waals surface area contributed by atoms with Gasteiger partial charge in [-0.1, -0.05) is 30.3 Å². The molecule has 2 aromatic rings. The predicted molar refractivity (Wildman–Crippen MR) is 83.1 cm³/mol. The molecule has 0 heterocycles. The minimum Gasteiger partial charge on any atom is -0.480 e. The molecule has 2 rings (SSSR count). The van der Waals surface area contributed by atoms with E-state index in [1.54, 1.807) is 24.3 Å². The highest BCUT2D eigenvalue weighted by atomic mass is 79.9. The van der Waals surface area contributed by atoms with Crippen molar-refractivity contribution in [2.45, 2.75) is 12.5 Å². The summed E-state index contributed by atoms with van der Waals surface area (Å²) in [4.78, 5) is 23.5. The molecule has 0 saturated carbocycles. The summed E-state index contributed by atoms with van der Waals surface area (Å²) in [6.45, 7) is 0. The number of aliphatic carboxylic acids is 1. The number of rotatable bonds is 5. The fraction of sp³-hybridized carbons (Fsp3) is 0.125. The predicted octanol–water partition coefficient (Wildman–Crippen LogP) is 3.01. The van der Waals surface area contributed by atoms with E-state index < -0.39 is 23.7 Å². The van der Waals surface area contributed by atoms with Gasteiger partial charge in [0.2, 0.25) is 0 Å². The van der Waals surface area contributed by atoms with Crippen LogP contribution in [0.1, 0.15) is 15.9 Å². The average Bonchev–Trinajstić information content (AvgIpc) is 2.47. The van der Waals surface area contributed by atoms with Crippen molar-refractivity contribution in [1.82, 2.24) is 5.32 Å².